The number of ether oxygens (including phenoxy) is 11. The Morgan fingerprint density at radius 1 is 0.604 bits per heavy atom. The van der Waals surface area contributed by atoms with Gasteiger partial charge in [-0.25, -0.2) is 4.79 Å². The minimum absolute atomic E-state index is 0.0659. The summed E-state index contributed by atoms with van der Waals surface area (Å²) in [5, 5.41) is 0.473. The lowest BCUT2D eigenvalue weighted by Crippen LogP contribution is -2.64. The van der Waals surface area contributed by atoms with Crippen molar-refractivity contribution in [2.24, 2.45) is 0 Å². The Bertz CT molecular complexity index is 1750. The number of hydrogen-bond acceptors (Lipinski definition) is 19. The normalized spacial score (nSPS) is 28.2. The fourth-order valence-electron chi connectivity index (χ4n) is 5.83. The molecule has 10 unspecified atom stereocenters. The van der Waals surface area contributed by atoms with Crippen LogP contribution in [-0.2, 0) is 71.4 Å². The molecule has 0 radical (unpaired) electrons. The molecule has 53 heavy (non-hydrogen) atoms. The van der Waals surface area contributed by atoms with E-state index in [1.165, 1.54) is 38.3 Å². The van der Waals surface area contributed by atoms with Gasteiger partial charge in [0.1, 0.15) is 11.7 Å². The molecular formula is C34H40O19. The third kappa shape index (κ3) is 10.4. The fourth-order valence-corrected chi connectivity index (χ4v) is 5.83. The van der Waals surface area contributed by atoms with Crippen LogP contribution < -0.4 is 15.1 Å². The van der Waals surface area contributed by atoms with Gasteiger partial charge in [-0.1, -0.05) is 0 Å². The van der Waals surface area contributed by atoms with E-state index in [4.69, 9.17) is 56.5 Å². The third-order valence-electron chi connectivity index (χ3n) is 7.70. The predicted molar refractivity (Wildman–Crippen MR) is 172 cm³/mol. The van der Waals surface area contributed by atoms with Gasteiger partial charge >= 0.3 is 41.4 Å². The van der Waals surface area contributed by atoms with E-state index < -0.39 is 109 Å². The molecule has 0 amide bonds. The zero-order chi connectivity index (χ0) is 39.1. The van der Waals surface area contributed by atoms with Gasteiger partial charge in [0.2, 0.25) is 12.4 Å². The first-order valence-electron chi connectivity index (χ1n) is 16.2. The highest BCUT2D eigenvalue weighted by Gasteiger charge is 2.55. The second kappa shape index (κ2) is 17.5. The molecule has 19 nitrogen and oxygen atoms in total. The number of carbonyl (C=O) groups excluding carboxylic acids is 6. The first-order chi connectivity index (χ1) is 25.0. The Hall–Kier alpha value is -5.27. The molecular weight excluding hydrogens is 712 g/mol. The van der Waals surface area contributed by atoms with E-state index >= 15 is 0 Å². The van der Waals surface area contributed by atoms with E-state index in [0.29, 0.717) is 5.39 Å². The zero-order valence-electron chi connectivity index (χ0n) is 30.0. The highest BCUT2D eigenvalue weighted by molar-refractivity contribution is 5.80. The lowest BCUT2D eigenvalue weighted by atomic mass is 9.97. The van der Waals surface area contributed by atoms with Crippen LogP contribution in [0.5, 0.6) is 11.5 Å². The Kier molecular flexibility index (Phi) is 13.4. The summed E-state index contributed by atoms with van der Waals surface area (Å²) in [5.41, 5.74) is -0.560. The maximum absolute atomic E-state index is 12.4. The molecule has 10 atom stereocenters. The molecule has 1 aromatic carbocycles. The molecule has 0 aliphatic carbocycles. The number of hydrogen-bond donors (Lipinski definition) is 0. The summed E-state index contributed by atoms with van der Waals surface area (Å²) >= 11 is 0. The van der Waals surface area contributed by atoms with Crippen LogP contribution in [0.25, 0.3) is 11.0 Å². The second-order valence-electron chi connectivity index (χ2n) is 11.9. The summed E-state index contributed by atoms with van der Waals surface area (Å²) in [7, 11) is 1.34. The molecule has 0 saturated carbocycles. The Morgan fingerprint density at radius 3 is 1.64 bits per heavy atom. The summed E-state index contributed by atoms with van der Waals surface area (Å²) in [5.74, 6) is -4.89. The molecule has 2 saturated heterocycles. The largest absolute Gasteiger partial charge is 0.493 e. The number of fused-ring (bicyclic) bond motifs is 1. The summed E-state index contributed by atoms with van der Waals surface area (Å²) in [6.45, 7) is 7.41. The van der Waals surface area contributed by atoms with Crippen molar-refractivity contribution in [3.05, 3.63) is 34.7 Å². The number of methoxy groups -OCH3 is 1. The summed E-state index contributed by atoms with van der Waals surface area (Å²) < 4.78 is 67.9. The van der Waals surface area contributed by atoms with E-state index in [9.17, 15) is 33.6 Å². The lowest BCUT2D eigenvalue weighted by Gasteiger charge is -2.46. The molecule has 3 heterocycles. The average Bonchev–Trinajstić information content (AvgIpc) is 3.04. The van der Waals surface area contributed by atoms with Crippen molar-refractivity contribution in [2.75, 3.05) is 13.7 Å². The van der Waals surface area contributed by atoms with Crippen molar-refractivity contribution < 1.29 is 85.3 Å². The minimum atomic E-state index is -1.65. The summed E-state index contributed by atoms with van der Waals surface area (Å²) in [6.07, 6.45) is -14.4. The van der Waals surface area contributed by atoms with Gasteiger partial charge in [0.05, 0.1) is 19.8 Å². The van der Waals surface area contributed by atoms with Crippen molar-refractivity contribution >= 4 is 46.8 Å². The summed E-state index contributed by atoms with van der Waals surface area (Å²) in [6, 6.07) is 5.53. The Morgan fingerprint density at radius 2 is 1.09 bits per heavy atom. The van der Waals surface area contributed by atoms with Crippen LogP contribution in [0.15, 0.2) is 33.5 Å². The number of rotatable bonds is 12. The fraction of sp³-hybridized carbons (Fsp3) is 0.559. The molecule has 0 bridgehead atoms. The van der Waals surface area contributed by atoms with Crippen molar-refractivity contribution in [3.63, 3.8) is 0 Å². The van der Waals surface area contributed by atoms with Gasteiger partial charge in [-0.05, 0) is 19.1 Å². The molecule has 2 fully saturated rings. The first kappa shape index (κ1) is 40.5. The minimum Gasteiger partial charge on any atom is -0.493 e. The maximum atomic E-state index is 12.4. The molecule has 0 N–H and O–H groups in total. The summed E-state index contributed by atoms with van der Waals surface area (Å²) in [4.78, 5) is 85.4. The topological polar surface area (TPSA) is 234 Å². The molecule has 290 valence electrons. The van der Waals surface area contributed by atoms with Crippen LogP contribution in [0, 0.1) is 0 Å². The molecule has 19 heteroatoms. The quantitative estimate of drug-likeness (QED) is 0.169. The van der Waals surface area contributed by atoms with Crippen LogP contribution in [0.2, 0.25) is 0 Å². The second-order valence-corrected chi connectivity index (χ2v) is 11.9. The van der Waals surface area contributed by atoms with Crippen LogP contribution in [0.1, 0.15) is 48.5 Å². The van der Waals surface area contributed by atoms with E-state index in [-0.39, 0.29) is 17.1 Å². The highest BCUT2D eigenvalue weighted by Crippen LogP contribution is 2.37. The molecule has 2 aliphatic rings. The van der Waals surface area contributed by atoms with Crippen molar-refractivity contribution in [1.82, 2.24) is 0 Å². The van der Waals surface area contributed by atoms with E-state index in [0.717, 1.165) is 41.5 Å². The zero-order valence-corrected chi connectivity index (χ0v) is 30.0. The van der Waals surface area contributed by atoms with Crippen molar-refractivity contribution in [2.45, 2.75) is 110 Å². The van der Waals surface area contributed by atoms with Gasteiger partial charge in [0.25, 0.3) is 0 Å². The SMILES string of the molecule is COc1cc2ccc(=O)oc2cc1OC1OC(COC2OC(C)C(OC(C)=O)C(OC(C)=O)C2OC(C)=O)C(OC(C)=O)C(OC(C)=O)C1OC(C)=O. The molecule has 0 spiro atoms. The Balaban J connectivity index is 1.75. The standard InChI is InChI=1S/C34H40O19/c1-14-27(45-15(2)35)29(47-17(4)37)31(49-19(6)39)33(44-14)43-13-25-28(46-16(3)36)30(48-18(5)38)32(50-20(7)40)34(53-25)52-24-12-22-21(11-23(24)42-8)9-10-26(41)51-22/h9-12,14,25,27-34H,13H2,1-8H3. The maximum Gasteiger partial charge on any atom is 0.336 e. The van der Waals surface area contributed by atoms with E-state index in [2.05, 4.69) is 0 Å². The smallest absolute Gasteiger partial charge is 0.336 e. The number of benzene rings is 1. The van der Waals surface area contributed by atoms with Crippen molar-refractivity contribution in [1.29, 1.82) is 0 Å². The first-order valence-corrected chi connectivity index (χ1v) is 16.2. The molecule has 2 aliphatic heterocycles. The van der Waals surface area contributed by atoms with Gasteiger partial charge in [0.15, 0.2) is 48.3 Å². The monoisotopic (exact) mass is 752 g/mol. The third-order valence-corrected chi connectivity index (χ3v) is 7.70. The van der Waals surface area contributed by atoms with E-state index in [1.807, 2.05) is 0 Å². The van der Waals surface area contributed by atoms with Crippen LogP contribution in [0.4, 0.5) is 0 Å². The van der Waals surface area contributed by atoms with E-state index in [1.54, 1.807) is 0 Å². The van der Waals surface area contributed by atoms with Gasteiger partial charge in [-0.2, -0.15) is 0 Å². The van der Waals surface area contributed by atoms with Crippen LogP contribution in [-0.4, -0.2) is 111 Å². The molecule has 2 aromatic rings. The molecule has 4 rings (SSSR count). The highest BCUT2D eigenvalue weighted by atomic mass is 16.8. The van der Waals surface area contributed by atoms with Gasteiger partial charge < -0.3 is 56.5 Å². The van der Waals surface area contributed by atoms with Crippen molar-refractivity contribution in [3.8, 4) is 11.5 Å². The van der Waals surface area contributed by atoms with Gasteiger partial charge in [-0.15, -0.1) is 0 Å². The van der Waals surface area contributed by atoms with Crippen LogP contribution in [0.3, 0.4) is 0 Å². The number of carbonyl (C=O) groups is 6. The van der Waals surface area contributed by atoms with Gasteiger partial charge in [0, 0.05) is 59.1 Å². The lowest BCUT2D eigenvalue weighted by molar-refractivity contribution is -0.323. The van der Waals surface area contributed by atoms with Gasteiger partial charge in [-0.3, -0.25) is 28.8 Å². The predicted octanol–water partition coefficient (Wildman–Crippen LogP) is 1.26. The van der Waals surface area contributed by atoms with Crippen LogP contribution >= 0.6 is 0 Å². The number of esters is 6. The Labute approximate surface area is 301 Å². The molecule has 1 aromatic heterocycles. The average molecular weight is 753 g/mol.